The highest BCUT2D eigenvalue weighted by Gasteiger charge is 2.50. The first-order valence-electron chi connectivity index (χ1n) is 7.13. The topological polar surface area (TPSA) is 55.1 Å². The van der Waals surface area contributed by atoms with Crippen LogP contribution in [0.5, 0.6) is 0 Å². The Morgan fingerprint density at radius 1 is 1.33 bits per heavy atom. The Morgan fingerprint density at radius 3 is 2.44 bits per heavy atom. The molecule has 0 atom stereocenters. The van der Waals surface area contributed by atoms with Crippen molar-refractivity contribution in [2.75, 3.05) is 6.54 Å². The van der Waals surface area contributed by atoms with Crippen LogP contribution in [0.2, 0.25) is 0 Å². The molecule has 0 unspecified atom stereocenters. The van der Waals surface area contributed by atoms with Crippen LogP contribution >= 0.6 is 12.2 Å². The number of thiocarbonyl (C=S) groups is 1. The number of carbonyl (C=O) groups is 1. The van der Waals surface area contributed by atoms with Gasteiger partial charge in [0.05, 0.1) is 10.4 Å². The van der Waals surface area contributed by atoms with Gasteiger partial charge in [0, 0.05) is 6.54 Å². The second kappa shape index (κ2) is 5.55. The van der Waals surface area contributed by atoms with Crippen molar-refractivity contribution < 1.29 is 4.79 Å². The number of hydrogen-bond donors (Lipinski definition) is 2. The zero-order valence-corrected chi connectivity index (χ0v) is 12.0. The van der Waals surface area contributed by atoms with E-state index in [-0.39, 0.29) is 5.91 Å². The Hall–Kier alpha value is -0.640. The van der Waals surface area contributed by atoms with Gasteiger partial charge in [0.25, 0.3) is 0 Å². The minimum absolute atomic E-state index is 0.0682. The highest BCUT2D eigenvalue weighted by molar-refractivity contribution is 7.80. The molecular formula is C14H24N2OS. The summed E-state index contributed by atoms with van der Waals surface area (Å²) in [4.78, 5) is 12.7. The van der Waals surface area contributed by atoms with Crippen molar-refractivity contribution in [1.29, 1.82) is 0 Å². The predicted molar refractivity (Wildman–Crippen MR) is 77.2 cm³/mol. The van der Waals surface area contributed by atoms with Crippen LogP contribution in [0.4, 0.5) is 0 Å². The van der Waals surface area contributed by atoms with E-state index in [0.717, 1.165) is 19.4 Å². The summed E-state index contributed by atoms with van der Waals surface area (Å²) in [5, 5.41) is 3.09. The molecule has 2 fully saturated rings. The van der Waals surface area contributed by atoms with E-state index in [1.165, 1.54) is 32.1 Å². The molecule has 0 saturated heterocycles. The Kier molecular flexibility index (Phi) is 4.25. The predicted octanol–water partition coefficient (Wildman–Crippen LogP) is 2.39. The van der Waals surface area contributed by atoms with Crippen molar-refractivity contribution in [2.24, 2.45) is 23.0 Å². The lowest BCUT2D eigenvalue weighted by molar-refractivity contribution is -0.133. The Labute approximate surface area is 115 Å². The lowest BCUT2D eigenvalue weighted by atomic mass is 9.62. The van der Waals surface area contributed by atoms with E-state index in [9.17, 15) is 4.79 Å². The minimum Gasteiger partial charge on any atom is -0.392 e. The van der Waals surface area contributed by atoms with Gasteiger partial charge in [0.2, 0.25) is 5.91 Å². The smallest absolute Gasteiger partial charge is 0.233 e. The van der Waals surface area contributed by atoms with E-state index in [4.69, 9.17) is 18.0 Å². The molecule has 0 aromatic carbocycles. The second-order valence-corrected chi connectivity index (χ2v) is 6.61. The van der Waals surface area contributed by atoms with Crippen LogP contribution in [0.1, 0.15) is 51.9 Å². The van der Waals surface area contributed by atoms with E-state index in [1.807, 2.05) is 0 Å². The third kappa shape index (κ3) is 2.68. The number of rotatable bonds is 4. The van der Waals surface area contributed by atoms with E-state index in [2.05, 4.69) is 12.2 Å². The summed E-state index contributed by atoms with van der Waals surface area (Å²) in [6, 6.07) is 0. The fourth-order valence-corrected chi connectivity index (χ4v) is 3.69. The monoisotopic (exact) mass is 268 g/mol. The van der Waals surface area contributed by atoms with E-state index in [1.54, 1.807) is 0 Å². The normalized spacial score (nSPS) is 32.6. The largest absolute Gasteiger partial charge is 0.392 e. The lowest BCUT2D eigenvalue weighted by Crippen LogP contribution is -2.56. The Bertz CT molecular complexity index is 331. The molecule has 4 heteroatoms. The maximum atomic E-state index is 12.3. The lowest BCUT2D eigenvalue weighted by Gasteiger charge is -2.44. The number of amides is 1. The highest BCUT2D eigenvalue weighted by Crippen LogP contribution is 2.46. The molecule has 0 heterocycles. The molecule has 0 radical (unpaired) electrons. The van der Waals surface area contributed by atoms with Crippen LogP contribution in [0, 0.1) is 17.3 Å². The first kappa shape index (κ1) is 13.8. The van der Waals surface area contributed by atoms with Gasteiger partial charge in [-0.15, -0.1) is 0 Å². The van der Waals surface area contributed by atoms with E-state index in [0.29, 0.717) is 16.8 Å². The van der Waals surface area contributed by atoms with Crippen LogP contribution < -0.4 is 11.1 Å². The first-order valence-corrected chi connectivity index (χ1v) is 7.53. The standard InChI is InChI=1S/C14H24N2OS/c1-10-7-14(8-10,12(15)18)13(17)16-9-11-5-3-2-4-6-11/h10-11H,2-9H2,1H3,(H2,15,18)(H,16,17). The summed E-state index contributed by atoms with van der Waals surface area (Å²) in [5.74, 6) is 1.29. The summed E-state index contributed by atoms with van der Waals surface area (Å²) in [7, 11) is 0. The SMILES string of the molecule is CC1CC(C(=O)NCC2CCCCC2)(C(N)=S)C1. The second-order valence-electron chi connectivity index (χ2n) is 6.17. The molecule has 2 aliphatic carbocycles. The summed E-state index contributed by atoms with van der Waals surface area (Å²) >= 11 is 5.10. The molecule has 0 spiro atoms. The summed E-state index contributed by atoms with van der Waals surface area (Å²) < 4.78 is 0. The van der Waals surface area contributed by atoms with Crippen LogP contribution in [0.25, 0.3) is 0 Å². The van der Waals surface area contributed by atoms with Gasteiger partial charge in [-0.05, 0) is 37.5 Å². The van der Waals surface area contributed by atoms with Crippen molar-refractivity contribution in [1.82, 2.24) is 5.32 Å². The molecule has 2 saturated carbocycles. The molecule has 2 rings (SSSR count). The molecule has 0 bridgehead atoms. The van der Waals surface area contributed by atoms with Gasteiger partial charge >= 0.3 is 0 Å². The highest BCUT2D eigenvalue weighted by atomic mass is 32.1. The maximum Gasteiger partial charge on any atom is 0.233 e. The van der Waals surface area contributed by atoms with Gasteiger partial charge in [0.15, 0.2) is 0 Å². The number of nitrogens with two attached hydrogens (primary N) is 1. The quantitative estimate of drug-likeness (QED) is 0.770. The number of carbonyl (C=O) groups excluding carboxylic acids is 1. The fourth-order valence-electron chi connectivity index (χ4n) is 3.43. The molecule has 0 aromatic heterocycles. The third-order valence-electron chi connectivity index (χ3n) is 4.58. The molecule has 18 heavy (non-hydrogen) atoms. The average Bonchev–Trinajstić information content (AvgIpc) is 2.32. The molecule has 0 aliphatic heterocycles. The first-order chi connectivity index (χ1) is 8.54. The Balaban J connectivity index is 1.84. The molecule has 3 N–H and O–H groups in total. The Morgan fingerprint density at radius 2 is 1.94 bits per heavy atom. The van der Waals surface area contributed by atoms with Crippen molar-refractivity contribution in [2.45, 2.75) is 51.9 Å². The number of nitrogens with one attached hydrogen (secondary N) is 1. The van der Waals surface area contributed by atoms with E-state index >= 15 is 0 Å². The molecular weight excluding hydrogens is 244 g/mol. The van der Waals surface area contributed by atoms with E-state index < -0.39 is 5.41 Å². The van der Waals surface area contributed by atoms with Crippen molar-refractivity contribution in [3.05, 3.63) is 0 Å². The van der Waals surface area contributed by atoms with Crippen LogP contribution in [0.15, 0.2) is 0 Å². The molecule has 3 nitrogen and oxygen atoms in total. The van der Waals surface area contributed by atoms with Gasteiger partial charge in [-0.3, -0.25) is 4.79 Å². The van der Waals surface area contributed by atoms with Crippen LogP contribution in [0.3, 0.4) is 0 Å². The average molecular weight is 268 g/mol. The molecule has 102 valence electrons. The van der Waals surface area contributed by atoms with Gasteiger partial charge in [-0.1, -0.05) is 38.4 Å². The minimum atomic E-state index is -0.538. The molecule has 0 aromatic rings. The van der Waals surface area contributed by atoms with Crippen LogP contribution in [-0.4, -0.2) is 17.4 Å². The van der Waals surface area contributed by atoms with Crippen LogP contribution in [-0.2, 0) is 4.79 Å². The summed E-state index contributed by atoms with van der Waals surface area (Å²) in [6.07, 6.45) is 8.08. The fraction of sp³-hybridized carbons (Fsp3) is 0.857. The summed E-state index contributed by atoms with van der Waals surface area (Å²) in [6.45, 7) is 2.95. The van der Waals surface area contributed by atoms with Gasteiger partial charge in [0.1, 0.15) is 0 Å². The summed E-state index contributed by atoms with van der Waals surface area (Å²) in [5.41, 5.74) is 5.24. The maximum absolute atomic E-state index is 12.3. The zero-order chi connectivity index (χ0) is 13.2. The van der Waals surface area contributed by atoms with Crippen molar-refractivity contribution in [3.63, 3.8) is 0 Å². The molecule has 1 amide bonds. The zero-order valence-electron chi connectivity index (χ0n) is 11.2. The molecule has 2 aliphatic rings. The third-order valence-corrected chi connectivity index (χ3v) is 4.97. The van der Waals surface area contributed by atoms with Gasteiger partial charge in [-0.25, -0.2) is 0 Å². The van der Waals surface area contributed by atoms with Gasteiger partial charge < -0.3 is 11.1 Å². The number of hydrogen-bond acceptors (Lipinski definition) is 2. The van der Waals surface area contributed by atoms with Gasteiger partial charge in [-0.2, -0.15) is 0 Å². The van der Waals surface area contributed by atoms with Crippen molar-refractivity contribution >= 4 is 23.1 Å². The van der Waals surface area contributed by atoms with Crippen molar-refractivity contribution in [3.8, 4) is 0 Å².